The summed E-state index contributed by atoms with van der Waals surface area (Å²) in [4.78, 5) is 10.2. The van der Waals surface area contributed by atoms with Crippen molar-refractivity contribution < 1.29 is 17.5 Å². The highest BCUT2D eigenvalue weighted by molar-refractivity contribution is 7.88. The number of nitrogens with zero attached hydrogens (tertiary/aromatic N) is 4. The minimum absolute atomic E-state index is 0.155. The van der Waals surface area contributed by atoms with E-state index in [-0.39, 0.29) is 11.3 Å². The summed E-state index contributed by atoms with van der Waals surface area (Å²) in [6, 6.07) is 8.45. The molecule has 0 saturated carbocycles. The molecule has 0 radical (unpaired) electrons. The van der Waals surface area contributed by atoms with Gasteiger partial charge in [-0.25, -0.2) is 18.4 Å². The molecule has 11 heteroatoms. The first-order valence-electron chi connectivity index (χ1n) is 10.9. The normalized spacial score (nSPS) is 14.7. The van der Waals surface area contributed by atoms with Gasteiger partial charge in [-0.05, 0) is 36.8 Å². The van der Waals surface area contributed by atoms with Crippen molar-refractivity contribution in [3.05, 3.63) is 65.4 Å². The smallest absolute Gasteiger partial charge is 0.224 e. The first kappa shape index (κ1) is 24.6. The molecule has 184 valence electrons. The van der Waals surface area contributed by atoms with Crippen LogP contribution in [0.5, 0.6) is 5.75 Å². The molecule has 0 unspecified atom stereocenters. The van der Waals surface area contributed by atoms with Crippen molar-refractivity contribution in [2.24, 2.45) is 0 Å². The van der Waals surface area contributed by atoms with E-state index in [1.165, 1.54) is 23.9 Å². The number of benzene rings is 1. The Morgan fingerprint density at radius 3 is 2.51 bits per heavy atom. The van der Waals surface area contributed by atoms with Gasteiger partial charge in [0.25, 0.3) is 0 Å². The van der Waals surface area contributed by atoms with Crippen LogP contribution in [0.25, 0.3) is 11.1 Å². The van der Waals surface area contributed by atoms with Crippen molar-refractivity contribution in [1.82, 2.24) is 14.3 Å². The fourth-order valence-electron chi connectivity index (χ4n) is 4.16. The number of hydrogen-bond acceptors (Lipinski definition) is 8. The number of aromatic nitrogens is 2. The van der Waals surface area contributed by atoms with Gasteiger partial charge < -0.3 is 15.4 Å². The van der Waals surface area contributed by atoms with E-state index < -0.39 is 16.0 Å². The van der Waals surface area contributed by atoms with Crippen LogP contribution in [0.2, 0.25) is 0 Å². The molecule has 0 bridgehead atoms. The Bertz CT molecular complexity index is 1390. The average Bonchev–Trinajstić information content (AvgIpc) is 2.85. The first-order chi connectivity index (χ1) is 16.6. The zero-order valence-corrected chi connectivity index (χ0v) is 20.6. The second kappa shape index (κ2) is 9.59. The molecular formula is C24H27FN6O3S. The Kier molecular flexibility index (Phi) is 6.73. The molecule has 0 atom stereocenters. The van der Waals surface area contributed by atoms with E-state index in [0.29, 0.717) is 65.7 Å². The van der Waals surface area contributed by atoms with Crippen LogP contribution >= 0.6 is 0 Å². The summed E-state index contributed by atoms with van der Waals surface area (Å²) in [7, 11) is -1.76. The number of anilines is 2. The quantitative estimate of drug-likeness (QED) is 0.304. The van der Waals surface area contributed by atoms with E-state index in [4.69, 9.17) is 15.9 Å². The summed E-state index contributed by atoms with van der Waals surface area (Å²) in [6.07, 6.45) is 4.22. The van der Waals surface area contributed by atoms with Crippen LogP contribution in [-0.2, 0) is 10.0 Å². The maximum absolute atomic E-state index is 14.7. The summed E-state index contributed by atoms with van der Waals surface area (Å²) in [5.41, 5.74) is 9.15. The van der Waals surface area contributed by atoms with Gasteiger partial charge in [-0.15, -0.1) is 0 Å². The lowest BCUT2D eigenvalue weighted by molar-refractivity contribution is 0.387. The maximum atomic E-state index is 14.7. The number of halogens is 1. The third-order valence-electron chi connectivity index (χ3n) is 6.04. The van der Waals surface area contributed by atoms with Gasteiger partial charge in [0.2, 0.25) is 16.0 Å². The largest absolute Gasteiger partial charge is 0.496 e. The van der Waals surface area contributed by atoms with Crippen LogP contribution in [0, 0.1) is 18.3 Å². The highest BCUT2D eigenvalue weighted by Crippen LogP contribution is 2.36. The van der Waals surface area contributed by atoms with Crippen molar-refractivity contribution in [2.75, 3.05) is 50.2 Å². The van der Waals surface area contributed by atoms with Gasteiger partial charge in [0.15, 0.2) is 0 Å². The number of methoxy groups -OCH3 is 1. The topological polar surface area (TPSA) is 126 Å². The van der Waals surface area contributed by atoms with Gasteiger partial charge in [-0.2, -0.15) is 8.70 Å². The molecule has 1 aliphatic heterocycles. The van der Waals surface area contributed by atoms with Gasteiger partial charge in [0.05, 0.1) is 24.6 Å². The number of nitrogens with one attached hydrogen (secondary N) is 1. The van der Waals surface area contributed by atoms with Crippen molar-refractivity contribution in [1.29, 1.82) is 5.41 Å². The molecule has 1 aromatic carbocycles. The molecule has 1 aliphatic rings. The van der Waals surface area contributed by atoms with Crippen LogP contribution < -0.4 is 15.4 Å². The molecule has 2 aromatic heterocycles. The number of rotatable bonds is 6. The number of nitrogens with two attached hydrogens (primary N) is 1. The molecule has 4 rings (SSSR count). The number of piperazine rings is 1. The fraction of sp³-hybridized carbons (Fsp3) is 0.292. The summed E-state index contributed by atoms with van der Waals surface area (Å²) in [6.45, 7) is 3.51. The highest BCUT2D eigenvalue weighted by Gasteiger charge is 2.24. The Hall–Kier alpha value is -3.57. The molecule has 0 aliphatic carbocycles. The van der Waals surface area contributed by atoms with Gasteiger partial charge in [0, 0.05) is 61.0 Å². The molecule has 3 heterocycles. The van der Waals surface area contributed by atoms with E-state index in [9.17, 15) is 12.8 Å². The zero-order valence-electron chi connectivity index (χ0n) is 19.7. The molecule has 3 N–H and O–H groups in total. The number of sulfonamides is 1. The van der Waals surface area contributed by atoms with Crippen molar-refractivity contribution in [3.63, 3.8) is 0 Å². The molecular weight excluding hydrogens is 471 g/mol. The Balaban J connectivity index is 1.65. The molecule has 35 heavy (non-hydrogen) atoms. The highest BCUT2D eigenvalue weighted by atomic mass is 32.2. The predicted octanol–water partition coefficient (Wildman–Crippen LogP) is 2.68. The van der Waals surface area contributed by atoms with Gasteiger partial charge in [-0.3, -0.25) is 5.41 Å². The van der Waals surface area contributed by atoms with Crippen LogP contribution in [0.3, 0.4) is 0 Å². The average molecular weight is 499 g/mol. The van der Waals surface area contributed by atoms with E-state index in [2.05, 4.69) is 9.97 Å². The number of aryl methyl sites for hydroxylation is 1. The van der Waals surface area contributed by atoms with Crippen LogP contribution in [0.15, 0.2) is 42.7 Å². The second-order valence-electron chi connectivity index (χ2n) is 8.37. The van der Waals surface area contributed by atoms with E-state index in [1.54, 1.807) is 43.5 Å². The Morgan fingerprint density at radius 1 is 1.14 bits per heavy atom. The molecule has 0 spiro atoms. The Labute approximate surface area is 203 Å². The third-order valence-corrected chi connectivity index (χ3v) is 7.35. The first-order valence-corrected chi connectivity index (χ1v) is 12.8. The van der Waals surface area contributed by atoms with Crippen LogP contribution in [0.4, 0.5) is 15.9 Å². The van der Waals surface area contributed by atoms with Crippen molar-refractivity contribution >= 4 is 27.2 Å². The Morgan fingerprint density at radius 2 is 1.86 bits per heavy atom. The van der Waals surface area contributed by atoms with Crippen LogP contribution in [0.1, 0.15) is 16.7 Å². The third kappa shape index (κ3) is 4.96. The maximum Gasteiger partial charge on any atom is 0.224 e. The standard InChI is InChI=1S/C24H27FN6O3S/c1-15-14-29-24(25)21(23(15)34-2)16-4-5-19(26)18(12-16)22(27)17-6-7-28-20(13-17)30-8-10-31(11-9-30)35(3,32)33/h4-7,12-14,27H,8-11,26H2,1-3H3. The minimum atomic E-state index is -3.23. The van der Waals surface area contributed by atoms with Gasteiger partial charge >= 0.3 is 0 Å². The lowest BCUT2D eigenvalue weighted by Crippen LogP contribution is -2.48. The summed E-state index contributed by atoms with van der Waals surface area (Å²) in [5, 5.41) is 8.84. The van der Waals surface area contributed by atoms with E-state index in [0.717, 1.165) is 0 Å². The number of hydrogen-bond donors (Lipinski definition) is 2. The molecule has 3 aromatic rings. The second-order valence-corrected chi connectivity index (χ2v) is 10.4. The summed E-state index contributed by atoms with van der Waals surface area (Å²) in [5.74, 6) is 0.346. The van der Waals surface area contributed by atoms with E-state index in [1.807, 2.05) is 4.90 Å². The fourth-order valence-corrected chi connectivity index (χ4v) is 4.99. The van der Waals surface area contributed by atoms with Gasteiger partial charge in [0.1, 0.15) is 11.6 Å². The number of nitrogen functional groups attached to an aromatic ring is 1. The molecule has 1 saturated heterocycles. The summed E-state index contributed by atoms with van der Waals surface area (Å²) < 4.78 is 45.1. The molecule has 9 nitrogen and oxygen atoms in total. The van der Waals surface area contributed by atoms with Crippen molar-refractivity contribution in [2.45, 2.75) is 6.92 Å². The lowest BCUT2D eigenvalue weighted by Gasteiger charge is -2.34. The molecule has 1 fully saturated rings. The van der Waals surface area contributed by atoms with E-state index >= 15 is 0 Å². The summed E-state index contributed by atoms with van der Waals surface area (Å²) >= 11 is 0. The predicted molar refractivity (Wildman–Crippen MR) is 134 cm³/mol. The zero-order chi connectivity index (χ0) is 25.3. The van der Waals surface area contributed by atoms with Crippen LogP contribution in [-0.4, -0.2) is 67.9 Å². The minimum Gasteiger partial charge on any atom is -0.496 e. The SMILES string of the molecule is COc1c(C)cnc(F)c1-c1ccc(N)c(C(=N)c2ccnc(N3CCN(S(C)(=O)=O)CC3)c2)c1. The molecule has 0 amide bonds. The van der Waals surface area contributed by atoms with Crippen molar-refractivity contribution in [3.8, 4) is 16.9 Å². The number of ether oxygens (including phenoxy) is 1. The lowest BCUT2D eigenvalue weighted by atomic mass is 9.96. The van der Waals surface area contributed by atoms with Gasteiger partial charge in [-0.1, -0.05) is 6.07 Å². The number of pyridine rings is 2. The monoisotopic (exact) mass is 498 g/mol.